The molecular formula is C38H90N6O4P2S. The average molecular weight is 789 g/mol. The first kappa shape index (κ1) is 55.8. The van der Waals surface area contributed by atoms with Crippen molar-refractivity contribution in [3.05, 3.63) is 0 Å². The number of rotatable bonds is 30. The van der Waals surface area contributed by atoms with E-state index in [0.29, 0.717) is 0 Å². The van der Waals surface area contributed by atoms with Gasteiger partial charge < -0.3 is 9.11 Å². The molecule has 0 aliphatic heterocycles. The molecule has 0 amide bonds. The van der Waals surface area contributed by atoms with Crippen LogP contribution in [0.5, 0.6) is 0 Å². The van der Waals surface area contributed by atoms with E-state index in [9.17, 15) is 0 Å². The van der Waals surface area contributed by atoms with Gasteiger partial charge in [-0.15, -0.1) is 0 Å². The van der Waals surface area contributed by atoms with Crippen LogP contribution in [0.3, 0.4) is 0 Å². The van der Waals surface area contributed by atoms with E-state index in [1.54, 1.807) is 0 Å². The van der Waals surface area contributed by atoms with Crippen LogP contribution in [0.25, 0.3) is 0 Å². The summed E-state index contributed by atoms with van der Waals surface area (Å²) in [4.78, 5) is 0. The highest BCUT2D eigenvalue weighted by Crippen LogP contribution is 2.67. The highest BCUT2D eigenvalue weighted by molar-refractivity contribution is 7.79. The fourth-order valence-corrected chi connectivity index (χ4v) is 16.0. The van der Waals surface area contributed by atoms with Crippen LogP contribution in [-0.4, -0.2) is 139 Å². The third-order valence-corrected chi connectivity index (χ3v) is 19.5. The summed E-state index contributed by atoms with van der Waals surface area (Å²) in [7, 11) is 6.44. The molecule has 0 saturated heterocycles. The molecular weight excluding hydrogens is 698 g/mol. The van der Waals surface area contributed by atoms with E-state index < -0.39 is 25.8 Å². The van der Waals surface area contributed by atoms with Crippen LogP contribution in [0, 0.1) is 0 Å². The molecule has 312 valence electrons. The highest BCUT2D eigenvalue weighted by atomic mass is 32.3. The number of hydrogen-bond acceptors (Lipinski definition) is 10. The van der Waals surface area contributed by atoms with Gasteiger partial charge in [0.1, 0.15) is 12.3 Å². The zero-order chi connectivity index (χ0) is 39.9. The molecule has 0 fully saturated rings. The van der Waals surface area contributed by atoms with E-state index in [1.807, 2.05) is 0 Å². The van der Waals surface area contributed by atoms with Crippen molar-refractivity contribution >= 4 is 25.8 Å². The van der Waals surface area contributed by atoms with Crippen LogP contribution in [0.15, 0.2) is 0 Å². The van der Waals surface area contributed by atoms with Crippen LogP contribution in [-0.2, 0) is 10.4 Å². The lowest BCUT2D eigenvalue weighted by molar-refractivity contribution is 0.352. The summed E-state index contributed by atoms with van der Waals surface area (Å²) >= 11 is 0. The Bertz CT molecular complexity index is 743. The van der Waals surface area contributed by atoms with E-state index in [0.717, 1.165) is 0 Å². The molecule has 0 heterocycles. The minimum absolute atomic E-state index is 1.24. The first-order valence-corrected chi connectivity index (χ1v) is 25.7. The highest BCUT2D eigenvalue weighted by Gasteiger charge is 2.51. The van der Waals surface area contributed by atoms with Crippen LogP contribution in [0.1, 0.15) is 158 Å². The maximum atomic E-state index is 8.52. The summed E-state index contributed by atoms with van der Waals surface area (Å²) in [5, 5.41) is 0. The Labute approximate surface area is 322 Å². The number of hydrogen-bond donors (Lipinski definition) is 0. The van der Waals surface area contributed by atoms with Crippen LogP contribution in [0.4, 0.5) is 0 Å². The maximum absolute atomic E-state index is 8.52. The third kappa shape index (κ3) is 23.9. The van der Waals surface area contributed by atoms with Gasteiger partial charge in [0.2, 0.25) is 15.4 Å². The fraction of sp³-hybridized carbons (Fsp3) is 1.00. The zero-order valence-corrected chi connectivity index (χ0v) is 39.2. The van der Waals surface area contributed by atoms with Crippen LogP contribution in [0.2, 0.25) is 0 Å². The lowest BCUT2D eigenvalue weighted by atomic mass is 10.3. The monoisotopic (exact) mass is 789 g/mol. The maximum Gasteiger partial charge on any atom is 0.226 e. The largest absolute Gasteiger partial charge is 0.759 e. The second kappa shape index (κ2) is 33.8. The first-order chi connectivity index (χ1) is 24.0. The van der Waals surface area contributed by atoms with E-state index in [2.05, 4.69) is 126 Å². The van der Waals surface area contributed by atoms with Gasteiger partial charge in [-0.1, -0.05) is 107 Å². The molecule has 10 nitrogen and oxygen atoms in total. The molecule has 0 spiro atoms. The van der Waals surface area contributed by atoms with Gasteiger partial charge in [0.05, 0.1) is 0 Å². The fourth-order valence-electron chi connectivity index (χ4n) is 6.61. The Hall–Kier alpha value is 0.490. The molecule has 0 aliphatic rings. The molecule has 0 aromatic heterocycles. The van der Waals surface area contributed by atoms with E-state index in [1.165, 1.54) is 154 Å². The predicted molar refractivity (Wildman–Crippen MR) is 229 cm³/mol. The summed E-state index contributed by atoms with van der Waals surface area (Å²) in [6, 6.07) is 0. The van der Waals surface area contributed by atoms with Gasteiger partial charge >= 0.3 is 0 Å². The number of unbranched alkanes of at least 4 members (excludes halogenated alkanes) is 8. The average Bonchev–Trinajstić information content (AvgIpc) is 3.09. The SMILES string of the molecule is CCCCN(C)[P+](CCCC)(N(C)CCCC)N(C)CCCC.CCCCN(C)[P+](CCCC)(N(C)CCCC)N(C)CCCC.O=S(=O)([O-])[O-]. The van der Waals surface area contributed by atoms with Crippen LogP contribution < -0.4 is 0 Å². The van der Waals surface area contributed by atoms with Gasteiger partial charge in [-0.25, -0.2) is 0 Å². The molecule has 0 unspecified atom stereocenters. The summed E-state index contributed by atoms with van der Waals surface area (Å²) in [5.41, 5.74) is 0. The van der Waals surface area contributed by atoms with Gasteiger partial charge in [0, 0.05) is 92.0 Å². The van der Waals surface area contributed by atoms with Crippen molar-refractivity contribution in [2.75, 3.05) is 93.9 Å². The summed E-state index contributed by atoms with van der Waals surface area (Å²) in [6.45, 7) is 25.9. The molecule has 0 radical (unpaired) electrons. The smallest absolute Gasteiger partial charge is 0.226 e. The Balaban J connectivity index is -0.000000796. The summed E-state index contributed by atoms with van der Waals surface area (Å²) < 4.78 is 50.6. The van der Waals surface area contributed by atoms with Crippen molar-refractivity contribution in [3.63, 3.8) is 0 Å². The molecule has 0 aromatic carbocycles. The first-order valence-electron chi connectivity index (χ1n) is 20.7. The minimum Gasteiger partial charge on any atom is -0.759 e. The molecule has 51 heavy (non-hydrogen) atoms. The predicted octanol–water partition coefficient (Wildman–Crippen LogP) is 10.2. The second-order valence-corrected chi connectivity index (χ2v) is 22.9. The Morgan fingerprint density at radius 3 is 0.608 bits per heavy atom. The number of nitrogens with zero attached hydrogens (tertiary/aromatic N) is 6. The third-order valence-electron chi connectivity index (χ3n) is 9.92. The van der Waals surface area contributed by atoms with Gasteiger partial charge in [-0.05, 0) is 51.4 Å². The summed E-state index contributed by atoms with van der Waals surface area (Å²) in [5.74, 6) is 0. The topological polar surface area (TPSA) is 99.7 Å². The van der Waals surface area contributed by atoms with Crippen molar-refractivity contribution in [1.29, 1.82) is 0 Å². The lowest BCUT2D eigenvalue weighted by Crippen LogP contribution is -2.43. The molecule has 0 aromatic rings. The quantitative estimate of drug-likeness (QED) is 0.0397. The molecule has 0 N–H and O–H groups in total. The Morgan fingerprint density at radius 2 is 0.490 bits per heavy atom. The molecule has 0 atom stereocenters. The zero-order valence-electron chi connectivity index (χ0n) is 36.6. The van der Waals surface area contributed by atoms with Crippen molar-refractivity contribution in [2.45, 2.75) is 158 Å². The minimum atomic E-state index is -5.17. The van der Waals surface area contributed by atoms with E-state index in [4.69, 9.17) is 17.5 Å². The molecule has 0 saturated carbocycles. The van der Waals surface area contributed by atoms with Gasteiger partial charge in [-0.2, -0.15) is 28.0 Å². The standard InChI is InChI=1S/2C19H45N3P.H2O4S/c2*1-8-12-16-20(5)23(19-15-11-4,21(6)17-13-9-2)22(7)18-14-10-3;1-5(2,3)4/h2*8-19H2,1-7H3;(H2,1,2,3,4)/q2*+1;/p-2. The van der Waals surface area contributed by atoms with Crippen molar-refractivity contribution in [3.8, 4) is 0 Å². The Kier molecular flexibility index (Phi) is 37.0. The molecule has 0 aliphatic carbocycles. The van der Waals surface area contributed by atoms with E-state index in [-0.39, 0.29) is 0 Å². The van der Waals surface area contributed by atoms with Crippen molar-refractivity contribution in [1.82, 2.24) is 28.0 Å². The molecule has 13 heteroatoms. The summed E-state index contributed by atoms with van der Waals surface area (Å²) in [6.07, 6.45) is 23.6. The van der Waals surface area contributed by atoms with Crippen molar-refractivity contribution in [2.24, 2.45) is 0 Å². The molecule has 0 bridgehead atoms. The lowest BCUT2D eigenvalue weighted by Gasteiger charge is -2.44. The van der Waals surface area contributed by atoms with Crippen LogP contribution >= 0.6 is 15.4 Å². The normalized spacial score (nSPS) is 12.7. The van der Waals surface area contributed by atoms with Gasteiger partial charge in [0.15, 0.2) is 0 Å². The second-order valence-electron chi connectivity index (χ2n) is 14.4. The van der Waals surface area contributed by atoms with Gasteiger partial charge in [0.25, 0.3) is 0 Å². The van der Waals surface area contributed by atoms with Gasteiger partial charge in [-0.3, -0.25) is 8.42 Å². The van der Waals surface area contributed by atoms with E-state index >= 15 is 0 Å². The molecule has 0 rings (SSSR count). The van der Waals surface area contributed by atoms with Crippen molar-refractivity contribution < 1.29 is 17.5 Å². The Morgan fingerprint density at radius 1 is 0.353 bits per heavy atom.